The fourth-order valence-corrected chi connectivity index (χ4v) is 4.45. The first-order chi connectivity index (χ1) is 18.2. The SMILES string of the molecule is Cc1cc(/C(O)=C2\C(=O)C(=O)N(Cc3ccncc3)C2c2cccc(OCC(C)C)c2)ccc1OC(C)C. The van der Waals surface area contributed by atoms with E-state index in [9.17, 15) is 14.7 Å². The zero-order valence-electron chi connectivity index (χ0n) is 22.5. The van der Waals surface area contributed by atoms with Crippen LogP contribution in [0.3, 0.4) is 0 Å². The maximum Gasteiger partial charge on any atom is 0.295 e. The second-order valence-corrected chi connectivity index (χ2v) is 10.2. The van der Waals surface area contributed by atoms with Crippen LogP contribution in [0.15, 0.2) is 72.6 Å². The van der Waals surface area contributed by atoms with Crippen molar-refractivity contribution in [2.24, 2.45) is 5.92 Å². The zero-order valence-corrected chi connectivity index (χ0v) is 22.5. The lowest BCUT2D eigenvalue weighted by Gasteiger charge is -2.26. The molecule has 38 heavy (non-hydrogen) atoms. The third kappa shape index (κ3) is 5.88. The highest BCUT2D eigenvalue weighted by Gasteiger charge is 2.46. The summed E-state index contributed by atoms with van der Waals surface area (Å²) in [5.41, 5.74) is 2.80. The Morgan fingerprint density at radius 3 is 2.42 bits per heavy atom. The molecule has 2 heterocycles. The van der Waals surface area contributed by atoms with Gasteiger partial charge in [-0.25, -0.2) is 0 Å². The lowest BCUT2D eigenvalue weighted by molar-refractivity contribution is -0.140. The number of rotatable bonds is 9. The largest absolute Gasteiger partial charge is 0.507 e. The number of aliphatic hydroxyl groups excluding tert-OH is 1. The number of hydrogen-bond donors (Lipinski definition) is 1. The van der Waals surface area contributed by atoms with E-state index in [1.54, 1.807) is 42.7 Å². The van der Waals surface area contributed by atoms with E-state index in [4.69, 9.17) is 9.47 Å². The van der Waals surface area contributed by atoms with E-state index >= 15 is 0 Å². The van der Waals surface area contributed by atoms with Crippen LogP contribution in [0.5, 0.6) is 11.5 Å². The van der Waals surface area contributed by atoms with Crippen LogP contribution >= 0.6 is 0 Å². The monoisotopic (exact) mass is 514 g/mol. The third-order valence-electron chi connectivity index (χ3n) is 6.21. The van der Waals surface area contributed by atoms with Gasteiger partial charge in [-0.2, -0.15) is 0 Å². The molecule has 1 aliphatic rings. The van der Waals surface area contributed by atoms with Gasteiger partial charge in [0.2, 0.25) is 0 Å². The average molecular weight is 515 g/mol. The molecule has 198 valence electrons. The Morgan fingerprint density at radius 2 is 1.76 bits per heavy atom. The molecule has 3 aromatic rings. The molecule has 0 aliphatic carbocycles. The van der Waals surface area contributed by atoms with Crippen molar-refractivity contribution in [3.05, 3.63) is 94.8 Å². The predicted octanol–water partition coefficient (Wildman–Crippen LogP) is 5.83. The van der Waals surface area contributed by atoms with E-state index in [1.807, 2.05) is 45.0 Å². The average Bonchev–Trinajstić information content (AvgIpc) is 3.13. The number of Topliss-reactive ketones (excluding diaryl/α,β-unsaturated/α-hetero) is 1. The number of pyridine rings is 1. The quantitative estimate of drug-likeness (QED) is 0.219. The molecule has 1 atom stereocenters. The van der Waals surface area contributed by atoms with Crippen molar-refractivity contribution >= 4 is 17.4 Å². The van der Waals surface area contributed by atoms with E-state index < -0.39 is 17.7 Å². The first-order valence-electron chi connectivity index (χ1n) is 12.8. The molecule has 7 nitrogen and oxygen atoms in total. The lowest BCUT2D eigenvalue weighted by Crippen LogP contribution is -2.29. The minimum atomic E-state index is -0.794. The molecule has 2 aromatic carbocycles. The number of aromatic nitrogens is 1. The van der Waals surface area contributed by atoms with Gasteiger partial charge >= 0.3 is 0 Å². The van der Waals surface area contributed by atoms with Crippen LogP contribution in [-0.4, -0.2) is 39.4 Å². The molecule has 0 bridgehead atoms. The number of ketones is 1. The van der Waals surface area contributed by atoms with Crippen molar-refractivity contribution < 1.29 is 24.2 Å². The van der Waals surface area contributed by atoms with Crippen molar-refractivity contribution in [2.45, 2.75) is 53.3 Å². The van der Waals surface area contributed by atoms with Gasteiger partial charge in [-0.05, 0) is 85.8 Å². The van der Waals surface area contributed by atoms with E-state index in [1.165, 1.54) is 4.90 Å². The van der Waals surface area contributed by atoms with Crippen LogP contribution in [0.25, 0.3) is 5.76 Å². The van der Waals surface area contributed by atoms with E-state index in [2.05, 4.69) is 18.8 Å². The van der Waals surface area contributed by atoms with Gasteiger partial charge in [0.05, 0.1) is 24.3 Å². The van der Waals surface area contributed by atoms with Crippen LogP contribution in [0.1, 0.15) is 56.0 Å². The second kappa shape index (κ2) is 11.5. The van der Waals surface area contributed by atoms with Crippen LogP contribution in [0, 0.1) is 12.8 Å². The zero-order chi connectivity index (χ0) is 27.4. The number of ether oxygens (including phenoxy) is 2. The van der Waals surface area contributed by atoms with Gasteiger partial charge in [0.1, 0.15) is 17.3 Å². The Labute approximate surface area is 223 Å². The maximum atomic E-state index is 13.4. The van der Waals surface area contributed by atoms with E-state index in [0.717, 1.165) is 11.1 Å². The van der Waals surface area contributed by atoms with Gasteiger partial charge in [-0.15, -0.1) is 0 Å². The summed E-state index contributed by atoms with van der Waals surface area (Å²) in [4.78, 5) is 32.3. The Bertz CT molecular complexity index is 1350. The number of hydrogen-bond acceptors (Lipinski definition) is 6. The smallest absolute Gasteiger partial charge is 0.295 e. The van der Waals surface area contributed by atoms with Crippen molar-refractivity contribution in [3.8, 4) is 11.5 Å². The van der Waals surface area contributed by atoms with Crippen molar-refractivity contribution in [1.29, 1.82) is 0 Å². The van der Waals surface area contributed by atoms with Gasteiger partial charge in [-0.3, -0.25) is 14.6 Å². The summed E-state index contributed by atoms with van der Waals surface area (Å²) in [7, 11) is 0. The summed E-state index contributed by atoms with van der Waals surface area (Å²) < 4.78 is 11.8. The summed E-state index contributed by atoms with van der Waals surface area (Å²) >= 11 is 0. The number of nitrogens with zero attached hydrogens (tertiary/aromatic N) is 2. The molecule has 1 amide bonds. The van der Waals surface area contributed by atoms with E-state index in [0.29, 0.717) is 35.2 Å². The molecular weight excluding hydrogens is 480 g/mol. The van der Waals surface area contributed by atoms with Gasteiger partial charge in [-0.1, -0.05) is 26.0 Å². The minimum Gasteiger partial charge on any atom is -0.507 e. The number of likely N-dealkylation sites (tertiary alicyclic amines) is 1. The molecule has 1 aliphatic heterocycles. The second-order valence-electron chi connectivity index (χ2n) is 10.2. The highest BCUT2D eigenvalue weighted by molar-refractivity contribution is 6.46. The highest BCUT2D eigenvalue weighted by Crippen LogP contribution is 2.41. The van der Waals surface area contributed by atoms with Crippen LogP contribution < -0.4 is 9.47 Å². The van der Waals surface area contributed by atoms with E-state index in [-0.39, 0.29) is 24.0 Å². The fourth-order valence-electron chi connectivity index (χ4n) is 4.45. The summed E-state index contributed by atoms with van der Waals surface area (Å²) in [6.07, 6.45) is 3.28. The lowest BCUT2D eigenvalue weighted by atomic mass is 9.94. The number of aryl methyl sites for hydroxylation is 1. The van der Waals surface area contributed by atoms with Crippen molar-refractivity contribution in [2.75, 3.05) is 6.61 Å². The first kappa shape index (κ1) is 26.9. The van der Waals surface area contributed by atoms with Gasteiger partial charge in [0.25, 0.3) is 11.7 Å². The number of carbonyl (C=O) groups excluding carboxylic acids is 2. The molecule has 4 rings (SSSR count). The molecule has 1 aromatic heterocycles. The topological polar surface area (TPSA) is 89.0 Å². The molecule has 1 unspecified atom stereocenters. The van der Waals surface area contributed by atoms with Gasteiger partial charge < -0.3 is 19.5 Å². The standard InChI is InChI=1S/C31H34N2O5/c1-19(2)18-37-25-8-6-7-23(16-25)28-27(29(34)24-9-10-26(21(5)15-24)38-20(3)4)30(35)31(36)33(28)17-22-11-13-32-14-12-22/h6-16,19-20,28,34H,17-18H2,1-5H3/b29-27+. The third-order valence-corrected chi connectivity index (χ3v) is 6.21. The molecule has 0 saturated carbocycles. The van der Waals surface area contributed by atoms with Crippen LogP contribution in [0.2, 0.25) is 0 Å². The van der Waals surface area contributed by atoms with Gasteiger partial charge in [0, 0.05) is 24.5 Å². The number of carbonyl (C=O) groups is 2. The summed E-state index contributed by atoms with van der Waals surface area (Å²) in [6, 6.07) is 15.4. The molecule has 0 radical (unpaired) electrons. The summed E-state index contributed by atoms with van der Waals surface area (Å²) in [5, 5.41) is 11.5. The number of amides is 1. The highest BCUT2D eigenvalue weighted by atomic mass is 16.5. The number of aliphatic hydroxyl groups is 1. The fraction of sp³-hybridized carbons (Fsp3) is 0.323. The maximum absolute atomic E-state index is 13.4. The molecule has 1 saturated heterocycles. The predicted molar refractivity (Wildman–Crippen MR) is 146 cm³/mol. The molecule has 7 heteroatoms. The molecular formula is C31H34N2O5. The molecule has 1 fully saturated rings. The molecule has 1 N–H and O–H groups in total. The van der Waals surface area contributed by atoms with Crippen molar-refractivity contribution in [1.82, 2.24) is 9.88 Å². The molecule has 0 spiro atoms. The minimum absolute atomic E-state index is 0.00292. The number of benzene rings is 2. The van der Waals surface area contributed by atoms with Crippen LogP contribution in [-0.2, 0) is 16.1 Å². The van der Waals surface area contributed by atoms with Gasteiger partial charge in [0.15, 0.2) is 0 Å². The van der Waals surface area contributed by atoms with Crippen LogP contribution in [0.4, 0.5) is 0 Å². The Balaban J connectivity index is 1.82. The normalized spacial score (nSPS) is 16.9. The van der Waals surface area contributed by atoms with Crippen molar-refractivity contribution in [3.63, 3.8) is 0 Å². The Hall–Kier alpha value is -4.13. The first-order valence-corrected chi connectivity index (χ1v) is 12.8. The Kier molecular flexibility index (Phi) is 8.15. The summed E-state index contributed by atoms with van der Waals surface area (Å²) in [6.45, 7) is 10.6. The Morgan fingerprint density at radius 1 is 1.03 bits per heavy atom. The summed E-state index contributed by atoms with van der Waals surface area (Å²) in [5.74, 6) is 0.0479.